The van der Waals surface area contributed by atoms with Crippen molar-refractivity contribution < 1.29 is 9.72 Å². The van der Waals surface area contributed by atoms with Crippen molar-refractivity contribution in [2.75, 3.05) is 6.54 Å². The van der Waals surface area contributed by atoms with Gasteiger partial charge in [0.1, 0.15) is 0 Å². The summed E-state index contributed by atoms with van der Waals surface area (Å²) in [6.45, 7) is 4.08. The Morgan fingerprint density at radius 3 is 2.43 bits per heavy atom. The Labute approximate surface area is 122 Å². The van der Waals surface area contributed by atoms with E-state index in [4.69, 9.17) is 0 Å². The van der Waals surface area contributed by atoms with Gasteiger partial charge < -0.3 is 5.32 Å². The molecule has 0 fully saturated rings. The van der Waals surface area contributed by atoms with Gasteiger partial charge in [0.05, 0.1) is 4.92 Å². The summed E-state index contributed by atoms with van der Waals surface area (Å²) < 4.78 is 0. The summed E-state index contributed by atoms with van der Waals surface area (Å²) >= 11 is 0. The van der Waals surface area contributed by atoms with Crippen LogP contribution >= 0.6 is 0 Å². The van der Waals surface area contributed by atoms with Gasteiger partial charge in [-0.2, -0.15) is 0 Å². The highest BCUT2D eigenvalue weighted by Gasteiger charge is 2.09. The average molecular weight is 282 g/mol. The molecule has 0 saturated heterocycles. The molecule has 0 spiro atoms. The van der Waals surface area contributed by atoms with Crippen LogP contribution in [0.5, 0.6) is 0 Å². The minimum Gasteiger partial charge on any atom is -0.348 e. The molecule has 1 N–H and O–H groups in total. The van der Waals surface area contributed by atoms with E-state index in [0.29, 0.717) is 16.7 Å². The van der Waals surface area contributed by atoms with Crippen LogP contribution in [0.3, 0.4) is 0 Å². The Kier molecular flexibility index (Phi) is 4.46. The number of carbonyl (C=O) groups is 1. The second kappa shape index (κ2) is 6.47. The molecule has 0 saturated carbocycles. The van der Waals surface area contributed by atoms with Crippen molar-refractivity contribution in [1.82, 2.24) is 5.32 Å². The van der Waals surface area contributed by atoms with Crippen molar-refractivity contribution in [3.05, 3.63) is 82.4 Å². The molecular formula is C16H14N2O3. The molecule has 0 aliphatic carbocycles. The Morgan fingerprint density at radius 2 is 1.76 bits per heavy atom. The molecule has 0 aliphatic rings. The predicted octanol–water partition coefficient (Wildman–Crippen LogP) is 3.04. The van der Waals surface area contributed by atoms with E-state index < -0.39 is 4.92 Å². The lowest BCUT2D eigenvalue weighted by Gasteiger charge is -2.08. The maximum atomic E-state index is 11.9. The first kappa shape index (κ1) is 14.5. The molecule has 0 unspecified atom stereocenters. The minimum absolute atomic E-state index is 0.00281. The van der Waals surface area contributed by atoms with Crippen LogP contribution in [0.25, 0.3) is 5.57 Å². The van der Waals surface area contributed by atoms with Crippen LogP contribution in [-0.4, -0.2) is 17.4 Å². The van der Waals surface area contributed by atoms with Gasteiger partial charge in [0.25, 0.3) is 11.6 Å². The van der Waals surface area contributed by atoms with E-state index in [1.165, 1.54) is 12.1 Å². The van der Waals surface area contributed by atoms with Gasteiger partial charge in [-0.1, -0.05) is 36.9 Å². The summed E-state index contributed by atoms with van der Waals surface area (Å²) in [6, 6.07) is 15.0. The van der Waals surface area contributed by atoms with Crippen LogP contribution in [0.2, 0.25) is 0 Å². The van der Waals surface area contributed by atoms with Gasteiger partial charge in [0, 0.05) is 24.2 Å². The Bertz CT molecular complexity index is 681. The highest BCUT2D eigenvalue weighted by molar-refractivity contribution is 5.95. The van der Waals surface area contributed by atoms with E-state index >= 15 is 0 Å². The lowest BCUT2D eigenvalue weighted by Crippen LogP contribution is -2.24. The maximum absolute atomic E-state index is 11.9. The van der Waals surface area contributed by atoms with Gasteiger partial charge >= 0.3 is 0 Å². The molecule has 0 aliphatic heterocycles. The number of nitrogens with zero attached hydrogens (tertiary/aromatic N) is 1. The van der Waals surface area contributed by atoms with Crippen molar-refractivity contribution in [2.24, 2.45) is 0 Å². The summed E-state index contributed by atoms with van der Waals surface area (Å²) in [4.78, 5) is 22.2. The van der Waals surface area contributed by atoms with Crippen molar-refractivity contribution >= 4 is 17.2 Å². The summed E-state index contributed by atoms with van der Waals surface area (Å²) in [6.07, 6.45) is 0. The van der Waals surface area contributed by atoms with Gasteiger partial charge in [-0.15, -0.1) is 0 Å². The number of rotatable bonds is 5. The Balaban J connectivity index is 2.01. The number of amides is 1. The number of nitro groups is 1. The van der Waals surface area contributed by atoms with E-state index in [1.807, 2.05) is 6.07 Å². The smallest absolute Gasteiger partial charge is 0.270 e. The maximum Gasteiger partial charge on any atom is 0.270 e. The summed E-state index contributed by atoms with van der Waals surface area (Å²) in [5.74, 6) is -0.206. The molecule has 5 heteroatoms. The molecule has 2 aromatic rings. The fraction of sp³-hybridized carbons (Fsp3) is 0.0625. The molecule has 106 valence electrons. The molecule has 5 nitrogen and oxygen atoms in total. The first-order chi connectivity index (χ1) is 10.1. The fourth-order valence-electron chi connectivity index (χ4n) is 1.82. The predicted molar refractivity (Wildman–Crippen MR) is 80.9 cm³/mol. The molecule has 0 aromatic heterocycles. The van der Waals surface area contributed by atoms with Crippen LogP contribution in [0.4, 0.5) is 5.69 Å². The molecule has 0 bridgehead atoms. The van der Waals surface area contributed by atoms with Crippen molar-refractivity contribution in [2.45, 2.75) is 0 Å². The van der Waals surface area contributed by atoms with Crippen molar-refractivity contribution in [1.29, 1.82) is 0 Å². The number of hydrogen-bond donors (Lipinski definition) is 1. The Hall–Kier alpha value is -2.95. The zero-order chi connectivity index (χ0) is 15.2. The number of nitrogens with one attached hydrogen (secondary N) is 1. The van der Waals surface area contributed by atoms with Crippen LogP contribution < -0.4 is 5.32 Å². The van der Waals surface area contributed by atoms with Crippen molar-refractivity contribution in [3.63, 3.8) is 0 Å². The van der Waals surface area contributed by atoms with Crippen LogP contribution in [0.1, 0.15) is 15.9 Å². The minimum atomic E-state index is -0.459. The number of non-ortho nitro benzene ring substituents is 1. The van der Waals surface area contributed by atoms with E-state index in [0.717, 1.165) is 0 Å². The second-order valence-electron chi connectivity index (χ2n) is 4.46. The van der Waals surface area contributed by atoms with Gasteiger partial charge in [-0.25, -0.2) is 0 Å². The number of carbonyl (C=O) groups excluding carboxylic acids is 1. The van der Waals surface area contributed by atoms with Crippen LogP contribution in [-0.2, 0) is 0 Å². The second-order valence-corrected chi connectivity index (χ2v) is 4.46. The van der Waals surface area contributed by atoms with Gasteiger partial charge in [-0.05, 0) is 23.3 Å². The number of nitro benzene ring substituents is 1. The molecule has 2 aromatic carbocycles. The lowest BCUT2D eigenvalue weighted by molar-refractivity contribution is -0.384. The molecule has 0 heterocycles. The van der Waals surface area contributed by atoms with Crippen LogP contribution in [0.15, 0.2) is 61.2 Å². The molecular weight excluding hydrogens is 268 g/mol. The standard InChI is InChI=1S/C16H14N2O3/c1-12(14-8-5-9-15(10-14)18(20)21)11-17-16(19)13-6-3-2-4-7-13/h2-10H,1,11H2,(H,17,19). The zero-order valence-electron chi connectivity index (χ0n) is 11.3. The SMILES string of the molecule is C=C(CNC(=O)c1ccccc1)c1cccc([N+](=O)[O-])c1. The van der Waals surface area contributed by atoms with Crippen molar-refractivity contribution in [3.8, 4) is 0 Å². The molecule has 21 heavy (non-hydrogen) atoms. The first-order valence-corrected chi connectivity index (χ1v) is 6.34. The van der Waals surface area contributed by atoms with E-state index in [9.17, 15) is 14.9 Å². The molecule has 1 amide bonds. The number of benzene rings is 2. The highest BCUT2D eigenvalue weighted by atomic mass is 16.6. The third kappa shape index (κ3) is 3.76. The molecule has 0 atom stereocenters. The quantitative estimate of drug-likeness (QED) is 0.676. The van der Waals surface area contributed by atoms with Crippen LogP contribution in [0, 0.1) is 10.1 Å². The van der Waals surface area contributed by atoms with E-state index in [1.54, 1.807) is 36.4 Å². The Morgan fingerprint density at radius 1 is 1.10 bits per heavy atom. The molecule has 0 radical (unpaired) electrons. The third-order valence-electron chi connectivity index (χ3n) is 2.96. The first-order valence-electron chi connectivity index (χ1n) is 6.34. The van der Waals surface area contributed by atoms with E-state index in [-0.39, 0.29) is 18.1 Å². The van der Waals surface area contributed by atoms with Gasteiger partial charge in [-0.3, -0.25) is 14.9 Å². The normalized spacial score (nSPS) is 9.90. The topological polar surface area (TPSA) is 72.2 Å². The lowest BCUT2D eigenvalue weighted by atomic mass is 10.1. The third-order valence-corrected chi connectivity index (χ3v) is 2.96. The van der Waals surface area contributed by atoms with E-state index in [2.05, 4.69) is 11.9 Å². The number of hydrogen-bond acceptors (Lipinski definition) is 3. The average Bonchev–Trinajstić information content (AvgIpc) is 2.53. The fourth-order valence-corrected chi connectivity index (χ4v) is 1.82. The van der Waals surface area contributed by atoms with Gasteiger partial charge in [0.2, 0.25) is 0 Å². The zero-order valence-corrected chi connectivity index (χ0v) is 11.3. The monoisotopic (exact) mass is 282 g/mol. The highest BCUT2D eigenvalue weighted by Crippen LogP contribution is 2.18. The summed E-state index contributed by atoms with van der Waals surface area (Å²) in [5.41, 5.74) is 1.81. The summed E-state index contributed by atoms with van der Waals surface area (Å²) in [5, 5.41) is 13.5. The van der Waals surface area contributed by atoms with Gasteiger partial charge in [0.15, 0.2) is 0 Å². The largest absolute Gasteiger partial charge is 0.348 e. The molecule has 2 rings (SSSR count). The summed E-state index contributed by atoms with van der Waals surface area (Å²) in [7, 11) is 0.